The molecule has 212 valence electrons. The van der Waals surface area contributed by atoms with Crippen LogP contribution in [0.4, 0.5) is 0 Å². The Bertz CT molecular complexity index is 798. The first-order valence-electron chi connectivity index (χ1n) is 13.5. The van der Waals surface area contributed by atoms with Crippen molar-refractivity contribution in [1.29, 1.82) is 5.41 Å². The van der Waals surface area contributed by atoms with Gasteiger partial charge in [-0.15, -0.1) is 0 Å². The van der Waals surface area contributed by atoms with E-state index in [1.54, 1.807) is 21.0 Å². The number of carbonyl (C=O) groups is 3. The number of nitrogens with one attached hydrogen (secondary N) is 5. The lowest BCUT2D eigenvalue weighted by Gasteiger charge is -2.39. The fourth-order valence-corrected chi connectivity index (χ4v) is 4.65. The summed E-state index contributed by atoms with van der Waals surface area (Å²) in [4.78, 5) is 39.0. The van der Waals surface area contributed by atoms with Gasteiger partial charge in [0.05, 0.1) is 23.4 Å². The van der Waals surface area contributed by atoms with Crippen molar-refractivity contribution in [2.24, 2.45) is 11.8 Å². The van der Waals surface area contributed by atoms with Crippen molar-refractivity contribution in [3.63, 3.8) is 0 Å². The van der Waals surface area contributed by atoms with Gasteiger partial charge in [-0.05, 0) is 51.0 Å². The van der Waals surface area contributed by atoms with Crippen LogP contribution in [0.5, 0.6) is 0 Å². The minimum atomic E-state index is -0.773. The van der Waals surface area contributed by atoms with Crippen molar-refractivity contribution >= 4 is 23.4 Å². The molecule has 10 heteroatoms. The van der Waals surface area contributed by atoms with Gasteiger partial charge in [-0.3, -0.25) is 19.4 Å². The first kappa shape index (κ1) is 32.7. The summed E-state index contributed by atoms with van der Waals surface area (Å²) in [7, 11) is 1.71. The van der Waals surface area contributed by atoms with Gasteiger partial charge in [0.15, 0.2) is 0 Å². The number of nitrogens with zero attached hydrogens (tertiary/aromatic N) is 1. The normalized spacial score (nSPS) is 20.8. The molecule has 0 radical (unpaired) electrons. The average Bonchev–Trinajstić information content (AvgIpc) is 2.89. The smallest absolute Gasteiger partial charge is 0.258 e. The Morgan fingerprint density at radius 3 is 2.32 bits per heavy atom. The lowest BCUT2D eigenvalue weighted by molar-refractivity contribution is -0.143. The molecular weight excluding hydrogens is 472 g/mol. The van der Waals surface area contributed by atoms with Gasteiger partial charge in [0.1, 0.15) is 12.1 Å². The van der Waals surface area contributed by atoms with Crippen LogP contribution in [0, 0.1) is 17.2 Å². The van der Waals surface area contributed by atoms with Gasteiger partial charge < -0.3 is 26.1 Å². The SMILES string of the molecule is C=CC(=N)[C@@H](C)NC(=O)[C@@H]1CCCN(C(=O)[C@H](C)NC(=O)[C@@H](NCC(CC)(OC)[C@@H](C)CC)C(C)C)N1. The second kappa shape index (κ2) is 15.2. The highest BCUT2D eigenvalue weighted by atomic mass is 16.5. The van der Waals surface area contributed by atoms with Crippen molar-refractivity contribution in [3.05, 3.63) is 12.7 Å². The molecule has 3 amide bonds. The van der Waals surface area contributed by atoms with E-state index in [2.05, 4.69) is 48.7 Å². The summed E-state index contributed by atoms with van der Waals surface area (Å²) in [6.45, 7) is 18.2. The number of amides is 3. The Kier molecular flexibility index (Phi) is 13.4. The fourth-order valence-electron chi connectivity index (χ4n) is 4.65. The third kappa shape index (κ3) is 8.90. The van der Waals surface area contributed by atoms with Gasteiger partial charge in [0, 0.05) is 20.2 Å². The monoisotopic (exact) mass is 522 g/mol. The molecule has 37 heavy (non-hydrogen) atoms. The first-order chi connectivity index (χ1) is 17.4. The van der Waals surface area contributed by atoms with E-state index in [9.17, 15) is 14.4 Å². The summed E-state index contributed by atoms with van der Waals surface area (Å²) in [5.74, 6) is -0.518. The van der Waals surface area contributed by atoms with Gasteiger partial charge in [-0.25, -0.2) is 5.43 Å². The second-order valence-electron chi connectivity index (χ2n) is 10.5. The van der Waals surface area contributed by atoms with Crippen LogP contribution in [0.25, 0.3) is 0 Å². The molecule has 6 atom stereocenters. The van der Waals surface area contributed by atoms with E-state index in [0.29, 0.717) is 31.8 Å². The molecule has 0 aromatic heterocycles. The molecule has 1 unspecified atom stereocenters. The molecule has 0 saturated carbocycles. The maximum absolute atomic E-state index is 13.2. The van der Waals surface area contributed by atoms with Crippen LogP contribution in [0.2, 0.25) is 0 Å². The number of carbonyl (C=O) groups excluding carboxylic acids is 3. The van der Waals surface area contributed by atoms with Crippen molar-refractivity contribution < 1.29 is 19.1 Å². The third-order valence-corrected chi connectivity index (χ3v) is 7.63. The lowest BCUT2D eigenvalue weighted by atomic mass is 9.83. The number of rotatable bonds is 15. The summed E-state index contributed by atoms with van der Waals surface area (Å²) < 4.78 is 5.91. The summed E-state index contributed by atoms with van der Waals surface area (Å²) in [5.41, 5.74) is 2.83. The summed E-state index contributed by atoms with van der Waals surface area (Å²) >= 11 is 0. The van der Waals surface area contributed by atoms with Crippen LogP contribution in [0.15, 0.2) is 12.7 Å². The van der Waals surface area contributed by atoms with Crippen molar-refractivity contribution in [2.75, 3.05) is 20.2 Å². The zero-order chi connectivity index (χ0) is 28.3. The van der Waals surface area contributed by atoms with E-state index in [1.807, 2.05) is 13.8 Å². The highest BCUT2D eigenvalue weighted by Crippen LogP contribution is 2.27. The molecule has 0 aromatic carbocycles. The number of hydrazine groups is 1. The third-order valence-electron chi connectivity index (χ3n) is 7.63. The van der Waals surface area contributed by atoms with E-state index in [1.165, 1.54) is 11.1 Å². The fraction of sp³-hybridized carbons (Fsp3) is 0.778. The Labute approximate surface area is 223 Å². The first-order valence-corrected chi connectivity index (χ1v) is 13.5. The van der Waals surface area contributed by atoms with Gasteiger partial charge in [0.2, 0.25) is 11.8 Å². The van der Waals surface area contributed by atoms with E-state index < -0.39 is 24.2 Å². The Balaban J connectivity index is 2.80. The minimum Gasteiger partial charge on any atom is -0.377 e. The minimum absolute atomic E-state index is 0.00289. The van der Waals surface area contributed by atoms with Crippen LogP contribution in [-0.2, 0) is 19.1 Å². The number of hydrogen-bond acceptors (Lipinski definition) is 7. The maximum Gasteiger partial charge on any atom is 0.258 e. The maximum atomic E-state index is 13.2. The molecule has 1 heterocycles. The molecular formula is C27H50N6O4. The predicted octanol–water partition coefficient (Wildman–Crippen LogP) is 2.15. The molecule has 10 nitrogen and oxygen atoms in total. The lowest BCUT2D eigenvalue weighted by Crippen LogP contribution is -2.62. The average molecular weight is 523 g/mol. The standard InChI is InChI=1S/C27H50N6O4/c1-10-18(6)27(12-3,37-9)16-29-23(17(4)5)25(35)31-20(8)26(36)33-15-13-14-22(32-33)24(34)30-19(7)21(28)11-2/h11,17-20,22-23,28-29,32H,2,10,12-16H2,1,3-9H3,(H,30,34)(H,31,35)/t18-,19+,20-,22-,23-,27?/m0/s1. The van der Waals surface area contributed by atoms with Crippen LogP contribution in [0.1, 0.15) is 74.1 Å². The van der Waals surface area contributed by atoms with E-state index in [-0.39, 0.29) is 35.0 Å². The Hall–Kier alpha value is -2.30. The second-order valence-corrected chi connectivity index (χ2v) is 10.5. The molecule has 1 rings (SSSR count). The van der Waals surface area contributed by atoms with Gasteiger partial charge in [-0.2, -0.15) is 0 Å². The number of methoxy groups -OCH3 is 1. The van der Waals surface area contributed by atoms with Gasteiger partial charge in [0.25, 0.3) is 5.91 Å². The largest absolute Gasteiger partial charge is 0.377 e. The van der Waals surface area contributed by atoms with Crippen molar-refractivity contribution in [3.8, 4) is 0 Å². The molecule has 0 aromatic rings. The Morgan fingerprint density at radius 2 is 1.81 bits per heavy atom. The van der Waals surface area contributed by atoms with Crippen molar-refractivity contribution in [1.82, 2.24) is 26.4 Å². The van der Waals surface area contributed by atoms with Crippen LogP contribution in [0.3, 0.4) is 0 Å². The van der Waals surface area contributed by atoms with E-state index >= 15 is 0 Å². The van der Waals surface area contributed by atoms with Gasteiger partial charge >= 0.3 is 0 Å². The van der Waals surface area contributed by atoms with E-state index in [4.69, 9.17) is 10.1 Å². The quantitative estimate of drug-likeness (QED) is 0.209. The molecule has 1 saturated heterocycles. The number of ether oxygens (including phenoxy) is 1. The zero-order valence-electron chi connectivity index (χ0n) is 24.1. The highest BCUT2D eigenvalue weighted by molar-refractivity contribution is 5.99. The van der Waals surface area contributed by atoms with Crippen LogP contribution in [-0.4, -0.2) is 78.4 Å². The molecule has 0 bridgehead atoms. The van der Waals surface area contributed by atoms with Crippen LogP contribution >= 0.6 is 0 Å². The summed E-state index contributed by atoms with van der Waals surface area (Å²) in [6.07, 6.45) is 4.38. The van der Waals surface area contributed by atoms with Crippen molar-refractivity contribution in [2.45, 2.75) is 104 Å². The molecule has 0 spiro atoms. The summed E-state index contributed by atoms with van der Waals surface area (Å²) in [6, 6.07) is -2.33. The van der Waals surface area contributed by atoms with Gasteiger partial charge in [-0.1, -0.05) is 47.6 Å². The Morgan fingerprint density at radius 1 is 1.16 bits per heavy atom. The predicted molar refractivity (Wildman–Crippen MR) is 147 cm³/mol. The topological polar surface area (TPSA) is 136 Å². The number of hydrogen-bond donors (Lipinski definition) is 5. The van der Waals surface area contributed by atoms with Crippen LogP contribution < -0.4 is 21.4 Å². The van der Waals surface area contributed by atoms with E-state index in [0.717, 1.165) is 12.8 Å². The molecule has 0 aliphatic carbocycles. The molecule has 1 fully saturated rings. The molecule has 1 aliphatic heterocycles. The summed E-state index contributed by atoms with van der Waals surface area (Å²) in [5, 5.41) is 18.2. The zero-order valence-corrected chi connectivity index (χ0v) is 24.1. The highest BCUT2D eigenvalue weighted by Gasteiger charge is 2.36. The molecule has 5 N–H and O–H groups in total. The molecule has 1 aliphatic rings.